The SMILES string of the molecule is CCNC(=O)C(C)NCC(C)(O)CCOC. The predicted octanol–water partition coefficient (Wildman–Crippen LogP) is -0.112. The Balaban J connectivity index is 3.88. The number of amides is 1. The van der Waals surface area contributed by atoms with Gasteiger partial charge in [0.15, 0.2) is 0 Å². The summed E-state index contributed by atoms with van der Waals surface area (Å²) in [5.74, 6) is -0.0509. The molecule has 0 aliphatic heterocycles. The van der Waals surface area contributed by atoms with Crippen LogP contribution in [0.5, 0.6) is 0 Å². The predicted molar refractivity (Wildman–Crippen MR) is 63.3 cm³/mol. The lowest BCUT2D eigenvalue weighted by Crippen LogP contribution is -2.48. The van der Waals surface area contributed by atoms with Gasteiger partial charge in [0.2, 0.25) is 5.91 Å². The van der Waals surface area contributed by atoms with Crippen molar-refractivity contribution in [2.45, 2.75) is 38.8 Å². The first-order chi connectivity index (χ1) is 7.43. The average molecular weight is 232 g/mol. The molecule has 3 N–H and O–H groups in total. The third-order valence-corrected chi connectivity index (χ3v) is 2.38. The standard InChI is InChI=1S/C11H24N2O3/c1-5-12-10(14)9(2)13-8-11(3,15)6-7-16-4/h9,13,15H,5-8H2,1-4H3,(H,12,14). The number of carbonyl (C=O) groups excluding carboxylic acids is 1. The summed E-state index contributed by atoms with van der Waals surface area (Å²) >= 11 is 0. The van der Waals surface area contributed by atoms with Gasteiger partial charge in [0.05, 0.1) is 11.6 Å². The van der Waals surface area contributed by atoms with Gasteiger partial charge in [-0.1, -0.05) is 0 Å². The highest BCUT2D eigenvalue weighted by atomic mass is 16.5. The molecule has 0 rings (SSSR count). The van der Waals surface area contributed by atoms with Crippen molar-refractivity contribution in [3.8, 4) is 0 Å². The molecule has 0 saturated heterocycles. The number of hydrogen-bond donors (Lipinski definition) is 3. The van der Waals surface area contributed by atoms with Gasteiger partial charge in [0.1, 0.15) is 0 Å². The van der Waals surface area contributed by atoms with Crippen molar-refractivity contribution in [2.75, 3.05) is 26.8 Å². The molecule has 0 aromatic carbocycles. The lowest BCUT2D eigenvalue weighted by Gasteiger charge is -2.25. The third kappa shape index (κ3) is 6.76. The molecule has 5 heteroatoms. The van der Waals surface area contributed by atoms with Crippen molar-refractivity contribution < 1.29 is 14.6 Å². The Labute approximate surface area is 97.6 Å². The van der Waals surface area contributed by atoms with Crippen LogP contribution in [-0.2, 0) is 9.53 Å². The Hall–Kier alpha value is -0.650. The molecule has 0 fully saturated rings. The topological polar surface area (TPSA) is 70.6 Å². The normalized spacial score (nSPS) is 16.6. The second kappa shape index (κ2) is 7.60. The van der Waals surface area contributed by atoms with Gasteiger partial charge in [0, 0.05) is 33.2 Å². The molecule has 96 valence electrons. The van der Waals surface area contributed by atoms with Gasteiger partial charge in [-0.05, 0) is 20.8 Å². The third-order valence-electron chi connectivity index (χ3n) is 2.38. The van der Waals surface area contributed by atoms with Crippen LogP contribution in [0, 0.1) is 0 Å². The maximum atomic E-state index is 11.4. The maximum absolute atomic E-state index is 11.4. The number of nitrogens with one attached hydrogen (secondary N) is 2. The molecule has 0 aromatic heterocycles. The van der Waals surface area contributed by atoms with E-state index >= 15 is 0 Å². The maximum Gasteiger partial charge on any atom is 0.236 e. The highest BCUT2D eigenvalue weighted by molar-refractivity contribution is 5.81. The quantitative estimate of drug-likeness (QED) is 0.546. The van der Waals surface area contributed by atoms with Crippen LogP contribution in [-0.4, -0.2) is 49.5 Å². The molecular weight excluding hydrogens is 208 g/mol. The molecule has 0 heterocycles. The Bertz CT molecular complexity index is 207. The van der Waals surface area contributed by atoms with Crippen LogP contribution in [0.25, 0.3) is 0 Å². The molecule has 0 aliphatic carbocycles. The van der Waals surface area contributed by atoms with Gasteiger partial charge in [0.25, 0.3) is 0 Å². The molecule has 0 aromatic rings. The van der Waals surface area contributed by atoms with Gasteiger partial charge in [-0.25, -0.2) is 0 Å². The number of methoxy groups -OCH3 is 1. The smallest absolute Gasteiger partial charge is 0.236 e. The van der Waals surface area contributed by atoms with Crippen LogP contribution in [0.2, 0.25) is 0 Å². The largest absolute Gasteiger partial charge is 0.389 e. The van der Waals surface area contributed by atoms with E-state index in [-0.39, 0.29) is 11.9 Å². The fraction of sp³-hybridized carbons (Fsp3) is 0.909. The van der Waals surface area contributed by atoms with E-state index in [0.29, 0.717) is 26.1 Å². The van der Waals surface area contributed by atoms with Gasteiger partial charge >= 0.3 is 0 Å². The van der Waals surface area contributed by atoms with E-state index in [0.717, 1.165) is 0 Å². The minimum absolute atomic E-state index is 0.0509. The summed E-state index contributed by atoms with van der Waals surface area (Å²) in [6, 6.07) is -0.297. The van der Waals surface area contributed by atoms with Gasteiger partial charge < -0.3 is 20.5 Å². The van der Waals surface area contributed by atoms with Crippen LogP contribution in [0.1, 0.15) is 27.2 Å². The summed E-state index contributed by atoms with van der Waals surface area (Å²) in [6.07, 6.45) is 0.540. The first kappa shape index (κ1) is 15.3. The zero-order valence-corrected chi connectivity index (χ0v) is 10.7. The molecule has 0 bridgehead atoms. The van der Waals surface area contributed by atoms with Gasteiger partial charge in [-0.2, -0.15) is 0 Å². The Morgan fingerprint density at radius 3 is 2.69 bits per heavy atom. The number of aliphatic hydroxyl groups is 1. The first-order valence-corrected chi connectivity index (χ1v) is 5.65. The van der Waals surface area contributed by atoms with Crippen LogP contribution < -0.4 is 10.6 Å². The summed E-state index contributed by atoms with van der Waals surface area (Å²) in [4.78, 5) is 11.4. The monoisotopic (exact) mass is 232 g/mol. The molecule has 0 saturated carbocycles. The number of hydrogen-bond acceptors (Lipinski definition) is 4. The lowest BCUT2D eigenvalue weighted by atomic mass is 10.0. The second-order valence-electron chi connectivity index (χ2n) is 4.24. The summed E-state index contributed by atoms with van der Waals surface area (Å²) in [5, 5.41) is 15.6. The minimum Gasteiger partial charge on any atom is -0.389 e. The number of rotatable bonds is 8. The van der Waals surface area contributed by atoms with Crippen LogP contribution >= 0.6 is 0 Å². The summed E-state index contributed by atoms with van der Waals surface area (Å²) < 4.78 is 4.90. The van der Waals surface area contributed by atoms with E-state index in [2.05, 4.69) is 10.6 Å². The Morgan fingerprint density at radius 2 is 2.19 bits per heavy atom. The zero-order valence-electron chi connectivity index (χ0n) is 10.7. The van der Waals surface area contributed by atoms with Crippen LogP contribution in [0.4, 0.5) is 0 Å². The van der Waals surface area contributed by atoms with E-state index in [4.69, 9.17) is 4.74 Å². The van der Waals surface area contributed by atoms with Crippen molar-refractivity contribution in [1.82, 2.24) is 10.6 Å². The van der Waals surface area contributed by atoms with Crippen molar-refractivity contribution in [1.29, 1.82) is 0 Å². The molecule has 0 radical (unpaired) electrons. The van der Waals surface area contributed by atoms with Crippen molar-refractivity contribution in [3.05, 3.63) is 0 Å². The minimum atomic E-state index is -0.850. The molecule has 0 spiro atoms. The van der Waals surface area contributed by atoms with Crippen LogP contribution in [0.15, 0.2) is 0 Å². The van der Waals surface area contributed by atoms with E-state index in [1.54, 1.807) is 21.0 Å². The van der Waals surface area contributed by atoms with Gasteiger partial charge in [-0.15, -0.1) is 0 Å². The molecule has 16 heavy (non-hydrogen) atoms. The fourth-order valence-electron chi connectivity index (χ4n) is 1.20. The summed E-state index contributed by atoms with van der Waals surface area (Å²) in [5.41, 5.74) is -0.850. The highest BCUT2D eigenvalue weighted by Gasteiger charge is 2.22. The van der Waals surface area contributed by atoms with E-state index < -0.39 is 5.60 Å². The van der Waals surface area contributed by atoms with Crippen molar-refractivity contribution >= 4 is 5.91 Å². The molecular formula is C11H24N2O3. The van der Waals surface area contributed by atoms with Crippen molar-refractivity contribution in [2.24, 2.45) is 0 Å². The highest BCUT2D eigenvalue weighted by Crippen LogP contribution is 2.07. The number of ether oxygens (including phenoxy) is 1. The first-order valence-electron chi connectivity index (χ1n) is 5.65. The molecule has 5 nitrogen and oxygen atoms in total. The average Bonchev–Trinajstić information content (AvgIpc) is 2.23. The van der Waals surface area contributed by atoms with Crippen LogP contribution in [0.3, 0.4) is 0 Å². The van der Waals surface area contributed by atoms with E-state index in [9.17, 15) is 9.90 Å². The number of likely N-dealkylation sites (N-methyl/N-ethyl adjacent to an activating group) is 1. The number of carbonyl (C=O) groups is 1. The van der Waals surface area contributed by atoms with E-state index in [1.165, 1.54) is 0 Å². The fourth-order valence-corrected chi connectivity index (χ4v) is 1.20. The molecule has 0 aliphatic rings. The molecule has 2 atom stereocenters. The van der Waals surface area contributed by atoms with Crippen molar-refractivity contribution in [3.63, 3.8) is 0 Å². The lowest BCUT2D eigenvalue weighted by molar-refractivity contribution is -0.122. The van der Waals surface area contributed by atoms with E-state index in [1.807, 2.05) is 6.92 Å². The summed E-state index contributed by atoms with van der Waals surface area (Å²) in [6.45, 7) is 6.87. The zero-order chi connectivity index (χ0) is 12.6. The second-order valence-corrected chi connectivity index (χ2v) is 4.24. The molecule has 2 unspecified atom stereocenters. The van der Waals surface area contributed by atoms with Gasteiger partial charge in [-0.3, -0.25) is 4.79 Å². The summed E-state index contributed by atoms with van der Waals surface area (Å²) in [7, 11) is 1.60. The molecule has 1 amide bonds. The Kier molecular flexibility index (Phi) is 7.29. The Morgan fingerprint density at radius 1 is 1.56 bits per heavy atom.